The van der Waals surface area contributed by atoms with E-state index in [0.717, 1.165) is 23.9 Å². The van der Waals surface area contributed by atoms with Crippen molar-refractivity contribution < 1.29 is 8.42 Å². The van der Waals surface area contributed by atoms with Gasteiger partial charge in [-0.3, -0.25) is 4.90 Å². The molecular formula is C21H28N2O2S. The van der Waals surface area contributed by atoms with Gasteiger partial charge in [-0.05, 0) is 35.7 Å². The molecule has 1 saturated carbocycles. The van der Waals surface area contributed by atoms with Crippen LogP contribution in [0.4, 0.5) is 0 Å². The highest BCUT2D eigenvalue weighted by atomic mass is 32.2. The predicted molar refractivity (Wildman–Crippen MR) is 106 cm³/mol. The molecule has 2 fully saturated rings. The van der Waals surface area contributed by atoms with E-state index in [9.17, 15) is 8.42 Å². The van der Waals surface area contributed by atoms with Gasteiger partial charge in [0.1, 0.15) is 0 Å². The van der Waals surface area contributed by atoms with Crippen LogP contribution >= 0.6 is 0 Å². The first-order valence-corrected chi connectivity index (χ1v) is 11.3. The van der Waals surface area contributed by atoms with Crippen LogP contribution in [0.3, 0.4) is 0 Å². The van der Waals surface area contributed by atoms with E-state index in [4.69, 9.17) is 0 Å². The topological polar surface area (TPSA) is 40.6 Å². The van der Waals surface area contributed by atoms with Crippen LogP contribution in [0, 0.1) is 0 Å². The van der Waals surface area contributed by atoms with Crippen LogP contribution in [-0.4, -0.2) is 49.8 Å². The van der Waals surface area contributed by atoms with Gasteiger partial charge in [-0.1, -0.05) is 56.0 Å². The number of rotatable bonds is 3. The molecule has 0 bridgehead atoms. The number of sulfonamides is 1. The lowest BCUT2D eigenvalue weighted by Gasteiger charge is -2.38. The van der Waals surface area contributed by atoms with Crippen LogP contribution in [0.5, 0.6) is 0 Å². The minimum atomic E-state index is -3.41. The summed E-state index contributed by atoms with van der Waals surface area (Å²) in [5.74, 6) is 0. The Hall–Kier alpha value is -1.43. The fraction of sp³-hybridized carbons (Fsp3) is 0.524. The summed E-state index contributed by atoms with van der Waals surface area (Å²) in [7, 11) is -3.41. The van der Waals surface area contributed by atoms with Crippen LogP contribution in [0.1, 0.15) is 38.5 Å². The molecule has 2 aliphatic rings. The smallest absolute Gasteiger partial charge is 0.243 e. The van der Waals surface area contributed by atoms with E-state index >= 15 is 0 Å². The molecule has 26 heavy (non-hydrogen) atoms. The van der Waals surface area contributed by atoms with E-state index in [1.165, 1.54) is 38.5 Å². The summed E-state index contributed by atoms with van der Waals surface area (Å²) in [6, 6.07) is 14.0. The molecule has 0 atom stereocenters. The molecule has 0 N–H and O–H groups in total. The Morgan fingerprint density at radius 1 is 0.769 bits per heavy atom. The number of hydrogen-bond acceptors (Lipinski definition) is 3. The minimum absolute atomic E-state index is 0.416. The maximum Gasteiger partial charge on any atom is 0.243 e. The first kappa shape index (κ1) is 18.0. The minimum Gasteiger partial charge on any atom is -0.298 e. The number of fused-ring (bicyclic) bond motifs is 1. The quantitative estimate of drug-likeness (QED) is 0.768. The summed E-state index contributed by atoms with van der Waals surface area (Å²) < 4.78 is 27.8. The maximum atomic E-state index is 13.1. The van der Waals surface area contributed by atoms with Crippen molar-refractivity contribution in [2.24, 2.45) is 0 Å². The fourth-order valence-corrected chi connectivity index (χ4v) is 5.87. The van der Waals surface area contributed by atoms with Crippen LogP contribution in [0.15, 0.2) is 47.4 Å². The molecule has 2 aromatic carbocycles. The Labute approximate surface area is 156 Å². The Kier molecular flexibility index (Phi) is 5.30. The molecule has 4 rings (SSSR count). The zero-order valence-electron chi connectivity index (χ0n) is 15.3. The van der Waals surface area contributed by atoms with Crippen LogP contribution in [-0.2, 0) is 10.0 Å². The van der Waals surface area contributed by atoms with Gasteiger partial charge < -0.3 is 0 Å². The maximum absolute atomic E-state index is 13.1. The van der Waals surface area contributed by atoms with E-state index in [0.29, 0.717) is 24.0 Å². The van der Waals surface area contributed by atoms with Crippen molar-refractivity contribution in [3.8, 4) is 0 Å². The lowest BCUT2D eigenvalue weighted by atomic mass is 10.1. The third kappa shape index (κ3) is 3.66. The van der Waals surface area contributed by atoms with E-state index < -0.39 is 10.0 Å². The van der Waals surface area contributed by atoms with Gasteiger partial charge >= 0.3 is 0 Å². The lowest BCUT2D eigenvalue weighted by molar-refractivity contribution is 0.126. The largest absolute Gasteiger partial charge is 0.298 e. The lowest BCUT2D eigenvalue weighted by Crippen LogP contribution is -2.51. The number of nitrogens with zero attached hydrogens (tertiary/aromatic N) is 2. The molecule has 0 spiro atoms. The van der Waals surface area contributed by atoms with Crippen LogP contribution in [0.25, 0.3) is 10.8 Å². The summed E-state index contributed by atoms with van der Waals surface area (Å²) in [5.41, 5.74) is 0. The second kappa shape index (κ2) is 7.67. The molecule has 1 aliphatic carbocycles. The Bertz CT molecular complexity index is 849. The second-order valence-corrected chi connectivity index (χ2v) is 9.53. The standard InChI is InChI=1S/C21H28N2O2S/c24-26(25,21-12-11-18-7-5-6-8-19(18)17-21)23-15-13-22(14-16-23)20-9-3-1-2-4-10-20/h5-8,11-12,17,20H,1-4,9-10,13-16H2. The van der Waals surface area contributed by atoms with E-state index in [1.54, 1.807) is 10.4 Å². The predicted octanol–water partition coefficient (Wildman–Crippen LogP) is 3.87. The van der Waals surface area contributed by atoms with Crippen LogP contribution < -0.4 is 0 Å². The van der Waals surface area contributed by atoms with Crippen molar-refractivity contribution >= 4 is 20.8 Å². The van der Waals surface area contributed by atoms with Crippen molar-refractivity contribution in [2.75, 3.05) is 26.2 Å². The number of benzene rings is 2. The first-order chi connectivity index (χ1) is 12.6. The Morgan fingerprint density at radius 2 is 1.42 bits per heavy atom. The molecule has 140 valence electrons. The van der Waals surface area contributed by atoms with Crippen molar-refractivity contribution in [3.05, 3.63) is 42.5 Å². The zero-order chi connectivity index (χ0) is 18.0. The van der Waals surface area contributed by atoms with Gasteiger partial charge in [0.15, 0.2) is 0 Å². The SMILES string of the molecule is O=S(=O)(c1ccc2ccccc2c1)N1CCN(C2CCCCCC2)CC1. The zero-order valence-corrected chi connectivity index (χ0v) is 16.1. The molecule has 0 aromatic heterocycles. The molecule has 0 radical (unpaired) electrons. The molecule has 1 heterocycles. The highest BCUT2D eigenvalue weighted by Crippen LogP contribution is 2.26. The van der Waals surface area contributed by atoms with Crippen molar-refractivity contribution in [2.45, 2.75) is 49.5 Å². The van der Waals surface area contributed by atoms with E-state index in [-0.39, 0.29) is 0 Å². The summed E-state index contributed by atoms with van der Waals surface area (Å²) in [4.78, 5) is 2.94. The van der Waals surface area contributed by atoms with Gasteiger partial charge in [-0.15, -0.1) is 0 Å². The molecule has 4 nitrogen and oxygen atoms in total. The molecule has 1 saturated heterocycles. The van der Waals surface area contributed by atoms with E-state index in [2.05, 4.69) is 4.90 Å². The molecule has 0 unspecified atom stereocenters. The monoisotopic (exact) mass is 372 g/mol. The molecule has 5 heteroatoms. The summed E-state index contributed by atoms with van der Waals surface area (Å²) >= 11 is 0. The molecular weight excluding hydrogens is 344 g/mol. The first-order valence-electron chi connectivity index (χ1n) is 9.88. The van der Waals surface area contributed by atoms with Gasteiger partial charge in [0.05, 0.1) is 4.90 Å². The summed E-state index contributed by atoms with van der Waals surface area (Å²) in [6.07, 6.45) is 7.90. The van der Waals surface area contributed by atoms with Gasteiger partial charge in [0, 0.05) is 32.2 Å². The van der Waals surface area contributed by atoms with Gasteiger partial charge in [0.25, 0.3) is 0 Å². The Morgan fingerprint density at radius 3 is 2.12 bits per heavy atom. The summed E-state index contributed by atoms with van der Waals surface area (Å²) in [6.45, 7) is 2.92. The second-order valence-electron chi connectivity index (χ2n) is 7.59. The number of hydrogen-bond donors (Lipinski definition) is 0. The normalized spacial score (nSPS) is 21.7. The van der Waals surface area contributed by atoms with Crippen LogP contribution in [0.2, 0.25) is 0 Å². The Balaban J connectivity index is 1.46. The van der Waals surface area contributed by atoms with Crippen molar-refractivity contribution in [1.29, 1.82) is 0 Å². The van der Waals surface area contributed by atoms with Crippen molar-refractivity contribution in [3.63, 3.8) is 0 Å². The average Bonchev–Trinajstić information content (AvgIpc) is 2.97. The third-order valence-corrected chi connectivity index (χ3v) is 7.87. The van der Waals surface area contributed by atoms with E-state index in [1.807, 2.05) is 36.4 Å². The summed E-state index contributed by atoms with van der Waals surface area (Å²) in [5, 5.41) is 2.05. The van der Waals surface area contributed by atoms with Crippen molar-refractivity contribution in [1.82, 2.24) is 9.21 Å². The highest BCUT2D eigenvalue weighted by Gasteiger charge is 2.31. The average molecular weight is 373 g/mol. The third-order valence-electron chi connectivity index (χ3n) is 5.97. The van der Waals surface area contributed by atoms with Gasteiger partial charge in [0.2, 0.25) is 10.0 Å². The molecule has 2 aromatic rings. The van der Waals surface area contributed by atoms with Gasteiger partial charge in [-0.2, -0.15) is 4.31 Å². The molecule has 1 aliphatic heterocycles. The number of piperazine rings is 1. The molecule has 0 amide bonds. The highest BCUT2D eigenvalue weighted by molar-refractivity contribution is 7.89. The fourth-order valence-electron chi connectivity index (χ4n) is 4.41. The van der Waals surface area contributed by atoms with Gasteiger partial charge in [-0.25, -0.2) is 8.42 Å².